The van der Waals surface area contributed by atoms with E-state index < -0.39 is 29.8 Å². The molecule has 7 nitrogen and oxygen atoms in total. The lowest BCUT2D eigenvalue weighted by molar-refractivity contribution is -0.144. The van der Waals surface area contributed by atoms with E-state index in [1.165, 1.54) is 11.8 Å². The van der Waals surface area contributed by atoms with Crippen LogP contribution in [0.1, 0.15) is 0 Å². The molecule has 1 amide bonds. The van der Waals surface area contributed by atoms with Crippen molar-refractivity contribution in [3.8, 4) is 0 Å². The first-order chi connectivity index (χ1) is 12.2. The Bertz CT molecular complexity index is 582. The molecule has 2 fully saturated rings. The molecule has 2 N–H and O–H groups in total. The van der Waals surface area contributed by atoms with Crippen LogP contribution in [-0.2, 0) is 19.2 Å². The molecule has 2 heterocycles. The van der Waals surface area contributed by atoms with E-state index >= 15 is 0 Å². The lowest BCUT2D eigenvalue weighted by Crippen LogP contribution is -2.45. The van der Waals surface area contributed by atoms with E-state index in [2.05, 4.69) is 0 Å². The highest BCUT2D eigenvalue weighted by Gasteiger charge is 2.41. The number of carboxylic acid groups (broad SMARTS) is 2. The number of thiocarbonyl (C=S) groups is 2. The Hall–Kier alpha value is -0.340. The molecule has 0 aromatic carbocycles. The van der Waals surface area contributed by atoms with Gasteiger partial charge in [0.2, 0.25) is 5.91 Å². The number of hydrogen-bond acceptors (Lipinski definition) is 10. The molecule has 2 aliphatic heterocycles. The average Bonchev–Trinajstić information content (AvgIpc) is 3.06. The predicted octanol–water partition coefficient (Wildman–Crippen LogP) is 1.64. The Labute approximate surface area is 176 Å². The molecule has 13 heteroatoms. The second-order valence-electron chi connectivity index (χ2n) is 5.24. The van der Waals surface area contributed by atoms with Crippen LogP contribution in [0.5, 0.6) is 0 Å². The standard InChI is InChI=1S/C13H13NO6S6/c15-7-3-23-12(21)9(7)5(10(17)18)1-25-26-2-6(11(19)20)14-8(16)4-24-13(14)22/h5-6,9H,1-4H2,(H,17,18)(H,19,20)/t5-,6+,9+/m1/s1. The number of amides is 1. The average molecular weight is 472 g/mol. The Balaban J connectivity index is 1.92. The van der Waals surface area contributed by atoms with E-state index in [1.807, 2.05) is 0 Å². The van der Waals surface area contributed by atoms with Gasteiger partial charge in [-0.2, -0.15) is 0 Å². The van der Waals surface area contributed by atoms with Gasteiger partial charge in [-0.3, -0.25) is 19.3 Å². The maximum atomic E-state index is 11.9. The molecule has 0 bridgehead atoms. The molecule has 0 spiro atoms. The minimum atomic E-state index is -1.17. The number of carbonyl (C=O) groups is 4. The van der Waals surface area contributed by atoms with Crippen molar-refractivity contribution in [3.63, 3.8) is 0 Å². The number of nitrogens with zero attached hydrogens (tertiary/aromatic N) is 1. The number of Topliss-reactive ketones (excluding diaryl/α,β-unsaturated/α-hetero) is 1. The number of ketones is 1. The summed E-state index contributed by atoms with van der Waals surface area (Å²) >= 11 is 12.4. The van der Waals surface area contributed by atoms with Gasteiger partial charge in [0.1, 0.15) is 10.4 Å². The summed E-state index contributed by atoms with van der Waals surface area (Å²) in [4.78, 5) is 47.8. The molecular weight excluding hydrogens is 459 g/mol. The lowest BCUT2D eigenvalue weighted by atomic mass is 9.92. The normalized spacial score (nSPS) is 22.8. The molecule has 2 saturated heterocycles. The predicted molar refractivity (Wildman–Crippen MR) is 113 cm³/mol. The minimum absolute atomic E-state index is 0.0522. The maximum absolute atomic E-state index is 11.9. The van der Waals surface area contributed by atoms with Crippen molar-refractivity contribution in [2.75, 3.05) is 23.0 Å². The third kappa shape index (κ3) is 5.13. The van der Waals surface area contributed by atoms with Crippen LogP contribution in [0.2, 0.25) is 0 Å². The minimum Gasteiger partial charge on any atom is -0.481 e. The Morgan fingerprint density at radius 2 is 1.77 bits per heavy atom. The second kappa shape index (κ2) is 9.73. The SMILES string of the molecule is O=C1CSC(=S)[C@H]1[C@@H](CSSC[C@@H](C(=O)O)N1C(=O)CSC1=S)C(=O)O. The number of carbonyl (C=O) groups excluding carboxylic acids is 2. The zero-order valence-corrected chi connectivity index (χ0v) is 17.9. The summed E-state index contributed by atoms with van der Waals surface area (Å²) in [5.74, 6) is -4.08. The van der Waals surface area contributed by atoms with Gasteiger partial charge in [0.05, 0.1) is 27.5 Å². The number of hydrogen-bond donors (Lipinski definition) is 2. The summed E-state index contributed by atoms with van der Waals surface area (Å²) in [7, 11) is 2.29. The molecule has 26 heavy (non-hydrogen) atoms. The van der Waals surface area contributed by atoms with Crippen LogP contribution in [-0.4, -0.2) is 76.3 Å². The molecule has 0 aliphatic carbocycles. The van der Waals surface area contributed by atoms with Crippen molar-refractivity contribution in [2.45, 2.75) is 6.04 Å². The zero-order chi connectivity index (χ0) is 19.4. The molecule has 2 aliphatic rings. The fourth-order valence-corrected chi connectivity index (χ4v) is 7.38. The summed E-state index contributed by atoms with van der Waals surface area (Å²) in [6.45, 7) is 0. The van der Waals surface area contributed by atoms with Gasteiger partial charge >= 0.3 is 11.9 Å². The van der Waals surface area contributed by atoms with Gasteiger partial charge in [-0.05, 0) is 0 Å². The van der Waals surface area contributed by atoms with Crippen molar-refractivity contribution < 1.29 is 29.4 Å². The highest BCUT2D eigenvalue weighted by atomic mass is 33.1. The van der Waals surface area contributed by atoms with Gasteiger partial charge in [0, 0.05) is 11.5 Å². The Kier molecular flexibility index (Phi) is 8.22. The maximum Gasteiger partial charge on any atom is 0.327 e. The summed E-state index contributed by atoms with van der Waals surface area (Å²) < 4.78 is 0.622. The summed E-state index contributed by atoms with van der Waals surface area (Å²) in [6, 6.07) is -1.10. The van der Waals surface area contributed by atoms with Crippen molar-refractivity contribution in [1.29, 1.82) is 0 Å². The first-order valence-corrected chi connectivity index (χ1v) is 12.4. The molecule has 0 aromatic heterocycles. The first-order valence-electron chi connectivity index (χ1n) is 7.12. The molecule has 2 rings (SSSR count). The third-order valence-corrected chi connectivity index (χ3v) is 9.01. The van der Waals surface area contributed by atoms with Crippen LogP contribution >= 0.6 is 69.5 Å². The number of carboxylic acids is 2. The topological polar surface area (TPSA) is 112 Å². The largest absolute Gasteiger partial charge is 0.481 e. The molecule has 0 saturated carbocycles. The summed E-state index contributed by atoms with van der Waals surface area (Å²) in [5, 5.41) is 18.8. The van der Waals surface area contributed by atoms with Crippen molar-refractivity contribution in [1.82, 2.24) is 4.90 Å². The second-order valence-corrected chi connectivity index (χ2v) is 11.1. The molecule has 0 radical (unpaired) electrons. The van der Waals surface area contributed by atoms with Crippen LogP contribution in [0, 0.1) is 11.8 Å². The van der Waals surface area contributed by atoms with E-state index in [9.17, 15) is 29.4 Å². The van der Waals surface area contributed by atoms with E-state index in [-0.39, 0.29) is 39.0 Å². The van der Waals surface area contributed by atoms with Gasteiger partial charge in [-0.15, -0.1) is 11.8 Å². The van der Waals surface area contributed by atoms with Gasteiger partial charge in [0.15, 0.2) is 5.78 Å². The monoisotopic (exact) mass is 471 g/mol. The van der Waals surface area contributed by atoms with E-state index in [1.54, 1.807) is 0 Å². The fourth-order valence-electron chi connectivity index (χ4n) is 2.31. The molecule has 3 atom stereocenters. The molecule has 0 unspecified atom stereocenters. The van der Waals surface area contributed by atoms with E-state index in [4.69, 9.17) is 24.4 Å². The summed E-state index contributed by atoms with van der Waals surface area (Å²) in [5.41, 5.74) is 0. The molecule has 0 aromatic rings. The van der Waals surface area contributed by atoms with Gasteiger partial charge in [0.25, 0.3) is 0 Å². The quantitative estimate of drug-likeness (QED) is 0.290. The van der Waals surface area contributed by atoms with Crippen LogP contribution < -0.4 is 0 Å². The van der Waals surface area contributed by atoms with Crippen LogP contribution in [0.15, 0.2) is 0 Å². The van der Waals surface area contributed by atoms with Crippen molar-refractivity contribution >= 4 is 102 Å². The number of thioether (sulfide) groups is 2. The van der Waals surface area contributed by atoms with Crippen molar-refractivity contribution in [2.24, 2.45) is 11.8 Å². The van der Waals surface area contributed by atoms with E-state index in [0.29, 0.717) is 4.20 Å². The van der Waals surface area contributed by atoms with Crippen LogP contribution in [0.25, 0.3) is 0 Å². The van der Waals surface area contributed by atoms with Crippen LogP contribution in [0.4, 0.5) is 0 Å². The smallest absolute Gasteiger partial charge is 0.327 e. The van der Waals surface area contributed by atoms with Gasteiger partial charge < -0.3 is 10.2 Å². The summed E-state index contributed by atoms with van der Waals surface area (Å²) in [6.07, 6.45) is 0. The van der Waals surface area contributed by atoms with E-state index in [0.717, 1.165) is 38.2 Å². The molecule has 142 valence electrons. The third-order valence-electron chi connectivity index (χ3n) is 3.62. The first kappa shape index (κ1) is 22.0. The number of aliphatic carboxylic acids is 2. The molecular formula is C13H13NO6S6. The Morgan fingerprint density at radius 3 is 2.23 bits per heavy atom. The fraction of sp³-hybridized carbons (Fsp3) is 0.538. The van der Waals surface area contributed by atoms with Crippen molar-refractivity contribution in [3.05, 3.63) is 0 Å². The van der Waals surface area contributed by atoms with Gasteiger partial charge in [-0.25, -0.2) is 4.79 Å². The number of rotatable bonds is 9. The Morgan fingerprint density at radius 1 is 1.12 bits per heavy atom. The van der Waals surface area contributed by atoms with Gasteiger partial charge in [-0.1, -0.05) is 57.8 Å². The zero-order valence-electron chi connectivity index (χ0n) is 13.0. The highest BCUT2D eigenvalue weighted by molar-refractivity contribution is 8.76. The lowest BCUT2D eigenvalue weighted by Gasteiger charge is -2.23. The highest BCUT2D eigenvalue weighted by Crippen LogP contribution is 2.36. The van der Waals surface area contributed by atoms with Crippen LogP contribution in [0.3, 0.4) is 0 Å².